The van der Waals surface area contributed by atoms with Crippen molar-refractivity contribution < 1.29 is 9.53 Å². The first-order chi connectivity index (χ1) is 8.63. The molecule has 1 aromatic heterocycles. The summed E-state index contributed by atoms with van der Waals surface area (Å²) < 4.78 is 5.39. The van der Waals surface area contributed by atoms with Crippen molar-refractivity contribution in [2.75, 3.05) is 19.7 Å². The van der Waals surface area contributed by atoms with Crippen LogP contribution in [0.4, 0.5) is 0 Å². The topological polar surface area (TPSA) is 77.2 Å². The minimum Gasteiger partial charge on any atom is -0.379 e. The lowest BCUT2D eigenvalue weighted by atomic mass is 10.4. The Morgan fingerprint density at radius 2 is 2.39 bits per heavy atom. The fraction of sp³-hybridized carbons (Fsp3) is 0.667. The second kappa shape index (κ2) is 8.18. The molecule has 6 heteroatoms. The van der Waals surface area contributed by atoms with Crippen molar-refractivity contribution in [3.63, 3.8) is 0 Å². The van der Waals surface area contributed by atoms with Crippen LogP contribution in [0.2, 0.25) is 0 Å². The highest BCUT2D eigenvalue weighted by atomic mass is 32.1. The molecule has 0 aliphatic rings. The molecule has 0 spiro atoms. The normalized spacial score (nSPS) is 10.9. The summed E-state index contributed by atoms with van der Waals surface area (Å²) in [5, 5.41) is 5.50. The Labute approximate surface area is 112 Å². The zero-order chi connectivity index (χ0) is 13.4. The predicted octanol–water partition coefficient (Wildman–Crippen LogP) is 1.19. The molecular weight excluding hydrogens is 250 g/mol. The molecule has 5 nitrogen and oxygen atoms in total. The average Bonchev–Trinajstić information content (AvgIpc) is 2.77. The van der Waals surface area contributed by atoms with E-state index in [2.05, 4.69) is 10.3 Å². The third-order valence-electron chi connectivity index (χ3n) is 2.20. The number of nitrogens with zero attached hydrogens (tertiary/aromatic N) is 1. The summed E-state index contributed by atoms with van der Waals surface area (Å²) in [5.41, 5.74) is 5.92. The Hall–Kier alpha value is -0.980. The van der Waals surface area contributed by atoms with Gasteiger partial charge in [-0.25, -0.2) is 4.98 Å². The maximum Gasteiger partial charge on any atom is 0.270 e. The third-order valence-corrected chi connectivity index (χ3v) is 3.11. The van der Waals surface area contributed by atoms with Gasteiger partial charge in [-0.2, -0.15) is 0 Å². The van der Waals surface area contributed by atoms with E-state index in [0.717, 1.165) is 17.8 Å². The Morgan fingerprint density at radius 1 is 1.61 bits per heavy atom. The summed E-state index contributed by atoms with van der Waals surface area (Å²) >= 11 is 1.47. The molecule has 0 aliphatic heterocycles. The Morgan fingerprint density at radius 3 is 3.06 bits per heavy atom. The van der Waals surface area contributed by atoms with Gasteiger partial charge in [0.15, 0.2) is 0 Å². The van der Waals surface area contributed by atoms with Crippen LogP contribution in [-0.2, 0) is 11.2 Å². The van der Waals surface area contributed by atoms with E-state index in [4.69, 9.17) is 10.5 Å². The number of hydrogen-bond donors (Lipinski definition) is 2. The van der Waals surface area contributed by atoms with Crippen molar-refractivity contribution in [1.29, 1.82) is 0 Å². The molecule has 3 N–H and O–H groups in total. The largest absolute Gasteiger partial charge is 0.379 e. The highest BCUT2D eigenvalue weighted by Gasteiger charge is 2.09. The van der Waals surface area contributed by atoms with Crippen LogP contribution in [0.3, 0.4) is 0 Å². The van der Waals surface area contributed by atoms with Crippen molar-refractivity contribution in [1.82, 2.24) is 10.3 Å². The van der Waals surface area contributed by atoms with Crippen LogP contribution in [0, 0.1) is 0 Å². The second-order valence-corrected chi connectivity index (χ2v) is 5.14. The highest BCUT2D eigenvalue weighted by Crippen LogP contribution is 2.09. The van der Waals surface area contributed by atoms with Crippen LogP contribution >= 0.6 is 11.3 Å². The molecular formula is C12H21N3O2S. The van der Waals surface area contributed by atoms with Crippen molar-refractivity contribution in [2.24, 2.45) is 5.73 Å². The molecule has 0 saturated heterocycles. The summed E-state index contributed by atoms with van der Waals surface area (Å²) in [6.45, 7) is 5.81. The van der Waals surface area contributed by atoms with E-state index in [1.54, 1.807) is 5.38 Å². The molecule has 0 unspecified atom stereocenters. The Balaban J connectivity index is 2.23. The molecule has 1 heterocycles. The number of hydrogen-bond acceptors (Lipinski definition) is 5. The van der Waals surface area contributed by atoms with Crippen molar-refractivity contribution in [2.45, 2.75) is 32.8 Å². The number of thiazole rings is 1. The van der Waals surface area contributed by atoms with Crippen LogP contribution < -0.4 is 11.1 Å². The van der Waals surface area contributed by atoms with Gasteiger partial charge in [-0.1, -0.05) is 0 Å². The summed E-state index contributed by atoms with van der Waals surface area (Å²) in [6, 6.07) is 0. The van der Waals surface area contributed by atoms with Gasteiger partial charge < -0.3 is 15.8 Å². The number of nitrogens with one attached hydrogen (secondary N) is 1. The molecule has 102 valence electrons. The number of ether oxygens (including phenoxy) is 1. The third kappa shape index (κ3) is 5.57. The number of rotatable bonds is 8. The van der Waals surface area contributed by atoms with E-state index in [9.17, 15) is 4.79 Å². The fourth-order valence-electron chi connectivity index (χ4n) is 1.34. The second-order valence-electron chi connectivity index (χ2n) is 4.19. The molecule has 1 aromatic rings. The van der Waals surface area contributed by atoms with Crippen LogP contribution in [0.25, 0.3) is 0 Å². The maximum atomic E-state index is 11.7. The van der Waals surface area contributed by atoms with Gasteiger partial charge in [0.25, 0.3) is 5.91 Å². The number of carbonyl (C=O) groups excluding carboxylic acids is 1. The standard InChI is InChI=1S/C12H21N3O2S/c1-9(2)17-7-3-6-14-12(16)10-8-18-11(15-10)4-5-13/h8-9H,3-7,13H2,1-2H3,(H,14,16). The molecule has 0 bridgehead atoms. The summed E-state index contributed by atoms with van der Waals surface area (Å²) in [4.78, 5) is 15.9. The summed E-state index contributed by atoms with van der Waals surface area (Å²) in [6.07, 6.45) is 1.77. The summed E-state index contributed by atoms with van der Waals surface area (Å²) in [5.74, 6) is -0.126. The van der Waals surface area contributed by atoms with E-state index >= 15 is 0 Å². The molecule has 0 radical (unpaired) electrons. The maximum absolute atomic E-state index is 11.7. The van der Waals surface area contributed by atoms with Crippen LogP contribution in [0.1, 0.15) is 35.8 Å². The monoisotopic (exact) mass is 271 g/mol. The van der Waals surface area contributed by atoms with E-state index in [-0.39, 0.29) is 12.0 Å². The smallest absolute Gasteiger partial charge is 0.270 e. The Bertz CT molecular complexity index is 366. The van der Waals surface area contributed by atoms with Crippen LogP contribution in [0.15, 0.2) is 5.38 Å². The van der Waals surface area contributed by atoms with Gasteiger partial charge in [0.1, 0.15) is 5.69 Å². The van der Waals surface area contributed by atoms with Crippen molar-refractivity contribution in [3.05, 3.63) is 16.1 Å². The molecule has 0 saturated carbocycles. The van der Waals surface area contributed by atoms with E-state index in [1.165, 1.54) is 11.3 Å². The lowest BCUT2D eigenvalue weighted by molar-refractivity contribution is 0.0756. The molecule has 18 heavy (non-hydrogen) atoms. The number of carbonyl (C=O) groups is 1. The lowest BCUT2D eigenvalue weighted by Crippen LogP contribution is -2.26. The average molecular weight is 271 g/mol. The van der Waals surface area contributed by atoms with Gasteiger partial charge >= 0.3 is 0 Å². The number of amides is 1. The van der Waals surface area contributed by atoms with Gasteiger partial charge in [-0.3, -0.25) is 4.79 Å². The quantitative estimate of drug-likeness (QED) is 0.696. The van der Waals surface area contributed by atoms with Gasteiger partial charge in [0.2, 0.25) is 0 Å². The first-order valence-electron chi connectivity index (χ1n) is 6.17. The predicted molar refractivity (Wildman–Crippen MR) is 72.9 cm³/mol. The molecule has 1 rings (SSSR count). The SMILES string of the molecule is CC(C)OCCCNC(=O)c1csc(CCN)n1. The first kappa shape index (κ1) is 15.1. The lowest BCUT2D eigenvalue weighted by Gasteiger charge is -2.07. The molecule has 0 aromatic carbocycles. The van der Waals surface area contributed by atoms with Gasteiger partial charge in [0, 0.05) is 25.0 Å². The van der Waals surface area contributed by atoms with Crippen molar-refractivity contribution in [3.8, 4) is 0 Å². The van der Waals surface area contributed by atoms with Crippen LogP contribution in [0.5, 0.6) is 0 Å². The van der Waals surface area contributed by atoms with Crippen LogP contribution in [-0.4, -0.2) is 36.7 Å². The first-order valence-corrected chi connectivity index (χ1v) is 7.05. The zero-order valence-electron chi connectivity index (χ0n) is 10.9. The summed E-state index contributed by atoms with van der Waals surface area (Å²) in [7, 11) is 0. The minimum absolute atomic E-state index is 0.126. The van der Waals surface area contributed by atoms with E-state index in [0.29, 0.717) is 25.4 Å². The van der Waals surface area contributed by atoms with Crippen molar-refractivity contribution >= 4 is 17.2 Å². The molecule has 0 atom stereocenters. The zero-order valence-corrected chi connectivity index (χ0v) is 11.8. The van der Waals surface area contributed by atoms with Gasteiger partial charge in [-0.05, 0) is 26.8 Å². The molecule has 1 amide bonds. The Kier molecular flexibility index (Phi) is 6.85. The number of aromatic nitrogens is 1. The minimum atomic E-state index is -0.126. The molecule has 0 aliphatic carbocycles. The van der Waals surface area contributed by atoms with E-state index < -0.39 is 0 Å². The molecule has 0 fully saturated rings. The highest BCUT2D eigenvalue weighted by molar-refractivity contribution is 7.09. The van der Waals surface area contributed by atoms with Gasteiger partial charge in [0.05, 0.1) is 11.1 Å². The fourth-order valence-corrected chi connectivity index (χ4v) is 2.13. The van der Waals surface area contributed by atoms with Gasteiger partial charge in [-0.15, -0.1) is 11.3 Å². The van der Waals surface area contributed by atoms with E-state index in [1.807, 2.05) is 13.8 Å². The number of nitrogens with two attached hydrogens (primary N) is 1.